The van der Waals surface area contributed by atoms with E-state index in [-0.39, 0.29) is 5.82 Å². The van der Waals surface area contributed by atoms with E-state index in [2.05, 4.69) is 14.8 Å². The highest BCUT2D eigenvalue weighted by Crippen LogP contribution is 2.16. The van der Waals surface area contributed by atoms with Crippen LogP contribution in [0.3, 0.4) is 0 Å². The van der Waals surface area contributed by atoms with Crippen molar-refractivity contribution in [3.05, 3.63) is 59.8 Å². The molecule has 0 unspecified atom stereocenters. The van der Waals surface area contributed by atoms with E-state index in [0.717, 1.165) is 38.1 Å². The summed E-state index contributed by atoms with van der Waals surface area (Å²) in [7, 11) is 0. The molecule has 2 heterocycles. The number of pyridine rings is 1. The van der Waals surface area contributed by atoms with Crippen LogP contribution in [0, 0.1) is 11.6 Å². The van der Waals surface area contributed by atoms with E-state index in [1.807, 2.05) is 18.2 Å². The summed E-state index contributed by atoms with van der Waals surface area (Å²) in [6.45, 7) is 3.75. The largest absolute Gasteiger partial charge is 0.354 e. The maximum atomic E-state index is 13.7. The number of nitrogens with zero attached hydrogens (tertiary/aromatic N) is 3. The molecular formula is C16H17F2N3. The second-order valence-electron chi connectivity index (χ2n) is 5.19. The average Bonchev–Trinajstić information content (AvgIpc) is 2.53. The van der Waals surface area contributed by atoms with Gasteiger partial charge in [0, 0.05) is 44.5 Å². The number of benzene rings is 1. The smallest absolute Gasteiger partial charge is 0.128 e. The lowest BCUT2D eigenvalue weighted by Gasteiger charge is -2.35. The second-order valence-corrected chi connectivity index (χ2v) is 5.19. The quantitative estimate of drug-likeness (QED) is 0.866. The summed E-state index contributed by atoms with van der Waals surface area (Å²) in [5, 5.41) is 0. The summed E-state index contributed by atoms with van der Waals surface area (Å²) in [5.74, 6) is 0.233. The van der Waals surface area contributed by atoms with Crippen molar-refractivity contribution >= 4 is 5.82 Å². The number of hydrogen-bond donors (Lipinski definition) is 0. The van der Waals surface area contributed by atoms with Gasteiger partial charge in [0.15, 0.2) is 0 Å². The van der Waals surface area contributed by atoms with Gasteiger partial charge in [-0.2, -0.15) is 0 Å². The minimum Gasteiger partial charge on any atom is -0.354 e. The summed E-state index contributed by atoms with van der Waals surface area (Å²) in [5.41, 5.74) is 0.418. The van der Waals surface area contributed by atoms with Crippen molar-refractivity contribution in [2.24, 2.45) is 0 Å². The molecule has 0 amide bonds. The molecular weight excluding hydrogens is 272 g/mol. The third-order valence-electron chi connectivity index (χ3n) is 3.75. The molecule has 5 heteroatoms. The molecule has 3 rings (SSSR count). The molecule has 1 aliphatic rings. The summed E-state index contributed by atoms with van der Waals surface area (Å²) >= 11 is 0. The Hall–Kier alpha value is -2.01. The van der Waals surface area contributed by atoms with Gasteiger partial charge in [0.05, 0.1) is 0 Å². The molecule has 0 saturated carbocycles. The Balaban J connectivity index is 1.60. The average molecular weight is 289 g/mol. The van der Waals surface area contributed by atoms with E-state index < -0.39 is 5.82 Å². The maximum Gasteiger partial charge on any atom is 0.128 e. The zero-order valence-electron chi connectivity index (χ0n) is 11.7. The lowest BCUT2D eigenvalue weighted by atomic mass is 10.1. The highest BCUT2D eigenvalue weighted by Gasteiger charge is 2.19. The molecule has 1 aromatic heterocycles. The van der Waals surface area contributed by atoms with Gasteiger partial charge in [-0.05, 0) is 30.3 Å². The maximum absolute atomic E-state index is 13.7. The molecule has 1 aliphatic heterocycles. The highest BCUT2D eigenvalue weighted by molar-refractivity contribution is 5.38. The van der Waals surface area contributed by atoms with Crippen LogP contribution in [0.1, 0.15) is 5.56 Å². The molecule has 1 aromatic carbocycles. The predicted octanol–water partition coefficient (Wildman–Crippen LogP) is 2.68. The molecule has 0 radical (unpaired) electrons. The zero-order chi connectivity index (χ0) is 14.7. The zero-order valence-corrected chi connectivity index (χ0v) is 11.7. The Labute approximate surface area is 122 Å². The standard InChI is InChI=1S/C16H17F2N3/c17-14-4-5-15(18)13(11-14)12-20-7-9-21(10-8-20)16-3-1-2-6-19-16/h1-6,11H,7-10,12H2. The van der Waals surface area contributed by atoms with Crippen LogP contribution in [0.4, 0.5) is 14.6 Å². The highest BCUT2D eigenvalue weighted by atomic mass is 19.1. The Kier molecular flexibility index (Phi) is 4.10. The van der Waals surface area contributed by atoms with E-state index in [0.29, 0.717) is 12.1 Å². The van der Waals surface area contributed by atoms with Crippen LogP contribution in [0.25, 0.3) is 0 Å². The molecule has 1 saturated heterocycles. The fourth-order valence-electron chi connectivity index (χ4n) is 2.58. The van der Waals surface area contributed by atoms with E-state index in [9.17, 15) is 8.78 Å². The van der Waals surface area contributed by atoms with Crippen LogP contribution in [-0.2, 0) is 6.54 Å². The Bertz CT molecular complexity index is 596. The van der Waals surface area contributed by atoms with Crippen molar-refractivity contribution in [2.75, 3.05) is 31.1 Å². The van der Waals surface area contributed by atoms with Gasteiger partial charge >= 0.3 is 0 Å². The summed E-state index contributed by atoms with van der Waals surface area (Å²) in [4.78, 5) is 8.68. The Morgan fingerprint density at radius 2 is 1.81 bits per heavy atom. The number of aromatic nitrogens is 1. The fraction of sp³-hybridized carbons (Fsp3) is 0.312. The van der Waals surface area contributed by atoms with E-state index in [1.165, 1.54) is 12.1 Å². The number of piperazine rings is 1. The van der Waals surface area contributed by atoms with Crippen LogP contribution in [-0.4, -0.2) is 36.1 Å². The third kappa shape index (κ3) is 3.36. The summed E-state index contributed by atoms with van der Waals surface area (Å²) in [6.07, 6.45) is 1.78. The SMILES string of the molecule is Fc1ccc(F)c(CN2CCN(c3ccccn3)CC2)c1. The first-order valence-corrected chi connectivity index (χ1v) is 7.04. The second kappa shape index (κ2) is 6.18. The van der Waals surface area contributed by atoms with E-state index >= 15 is 0 Å². The Morgan fingerprint density at radius 1 is 1.00 bits per heavy atom. The van der Waals surface area contributed by atoms with Crippen molar-refractivity contribution < 1.29 is 8.78 Å². The van der Waals surface area contributed by atoms with Crippen LogP contribution < -0.4 is 4.90 Å². The first-order chi connectivity index (χ1) is 10.2. The molecule has 0 spiro atoms. The molecule has 3 nitrogen and oxygen atoms in total. The molecule has 21 heavy (non-hydrogen) atoms. The first-order valence-electron chi connectivity index (χ1n) is 7.04. The van der Waals surface area contributed by atoms with Gasteiger partial charge in [-0.1, -0.05) is 6.07 Å². The number of hydrogen-bond acceptors (Lipinski definition) is 3. The van der Waals surface area contributed by atoms with E-state index in [4.69, 9.17) is 0 Å². The lowest BCUT2D eigenvalue weighted by molar-refractivity contribution is 0.245. The van der Waals surface area contributed by atoms with E-state index in [1.54, 1.807) is 6.20 Å². The summed E-state index contributed by atoms with van der Waals surface area (Å²) in [6, 6.07) is 9.47. The van der Waals surface area contributed by atoms with Crippen LogP contribution >= 0.6 is 0 Å². The van der Waals surface area contributed by atoms with Crippen molar-refractivity contribution in [3.8, 4) is 0 Å². The molecule has 1 fully saturated rings. The van der Waals surface area contributed by atoms with Gasteiger partial charge < -0.3 is 4.90 Å². The van der Waals surface area contributed by atoms with Crippen LogP contribution in [0.5, 0.6) is 0 Å². The predicted molar refractivity (Wildman–Crippen MR) is 78.1 cm³/mol. The van der Waals surface area contributed by atoms with Gasteiger partial charge in [-0.3, -0.25) is 4.90 Å². The molecule has 0 atom stereocenters. The van der Waals surface area contributed by atoms with Gasteiger partial charge in [0.1, 0.15) is 17.5 Å². The third-order valence-corrected chi connectivity index (χ3v) is 3.75. The van der Waals surface area contributed by atoms with Crippen LogP contribution in [0.2, 0.25) is 0 Å². The van der Waals surface area contributed by atoms with Crippen LogP contribution in [0.15, 0.2) is 42.6 Å². The normalized spacial score (nSPS) is 16.2. The van der Waals surface area contributed by atoms with Gasteiger partial charge in [-0.15, -0.1) is 0 Å². The first kappa shape index (κ1) is 13.9. The molecule has 110 valence electrons. The fourth-order valence-corrected chi connectivity index (χ4v) is 2.58. The Morgan fingerprint density at radius 3 is 2.52 bits per heavy atom. The molecule has 0 bridgehead atoms. The van der Waals surface area contributed by atoms with Crippen molar-refractivity contribution in [2.45, 2.75) is 6.54 Å². The number of halogens is 2. The van der Waals surface area contributed by atoms with Crippen molar-refractivity contribution in [1.29, 1.82) is 0 Å². The number of rotatable bonds is 3. The van der Waals surface area contributed by atoms with Crippen molar-refractivity contribution in [3.63, 3.8) is 0 Å². The summed E-state index contributed by atoms with van der Waals surface area (Å²) < 4.78 is 26.8. The van der Waals surface area contributed by atoms with Gasteiger partial charge in [-0.25, -0.2) is 13.8 Å². The lowest BCUT2D eigenvalue weighted by Crippen LogP contribution is -2.46. The monoisotopic (exact) mass is 289 g/mol. The molecule has 0 aliphatic carbocycles. The molecule has 0 N–H and O–H groups in total. The van der Waals surface area contributed by atoms with Gasteiger partial charge in [0.2, 0.25) is 0 Å². The van der Waals surface area contributed by atoms with Crippen molar-refractivity contribution in [1.82, 2.24) is 9.88 Å². The molecule has 2 aromatic rings. The van der Waals surface area contributed by atoms with Gasteiger partial charge in [0.25, 0.3) is 0 Å². The minimum absolute atomic E-state index is 0.344. The minimum atomic E-state index is -0.390. The number of anilines is 1. The topological polar surface area (TPSA) is 19.4 Å².